The summed E-state index contributed by atoms with van der Waals surface area (Å²) >= 11 is 0. The van der Waals surface area contributed by atoms with Crippen LogP contribution in [0.2, 0.25) is 0 Å². The standard InChI is InChI=1S/C14H24O/c1-10-11(15)6-7-12-13(2,3)8-5-9-14(10,12)4/h10,12H,5-9H2,1-4H3/t10?,12-,14+/m0/s1. The molecule has 2 aliphatic carbocycles. The molecule has 0 bridgehead atoms. The van der Waals surface area contributed by atoms with Crippen molar-refractivity contribution < 1.29 is 4.79 Å². The van der Waals surface area contributed by atoms with E-state index < -0.39 is 0 Å². The number of hydrogen-bond donors (Lipinski definition) is 0. The monoisotopic (exact) mass is 208 g/mol. The van der Waals surface area contributed by atoms with Crippen molar-refractivity contribution in [2.75, 3.05) is 0 Å². The fourth-order valence-corrected chi connectivity index (χ4v) is 4.28. The molecule has 1 unspecified atom stereocenters. The molecule has 86 valence electrons. The first-order valence-electron chi connectivity index (χ1n) is 6.41. The lowest BCUT2D eigenvalue weighted by molar-refractivity contribution is -0.141. The minimum Gasteiger partial charge on any atom is -0.299 e. The number of rotatable bonds is 0. The molecule has 1 heteroatoms. The molecule has 2 aliphatic rings. The molecule has 2 fully saturated rings. The van der Waals surface area contributed by atoms with Gasteiger partial charge in [-0.25, -0.2) is 0 Å². The quantitative estimate of drug-likeness (QED) is 0.591. The van der Waals surface area contributed by atoms with Gasteiger partial charge in [0.25, 0.3) is 0 Å². The Morgan fingerprint density at radius 3 is 2.53 bits per heavy atom. The van der Waals surface area contributed by atoms with Gasteiger partial charge in [0.05, 0.1) is 0 Å². The molecule has 0 amide bonds. The van der Waals surface area contributed by atoms with Crippen LogP contribution in [0.15, 0.2) is 0 Å². The molecule has 0 radical (unpaired) electrons. The van der Waals surface area contributed by atoms with Crippen molar-refractivity contribution >= 4 is 5.78 Å². The van der Waals surface area contributed by atoms with Crippen LogP contribution in [0.25, 0.3) is 0 Å². The fraction of sp³-hybridized carbons (Fsp3) is 0.929. The summed E-state index contributed by atoms with van der Waals surface area (Å²) in [5.74, 6) is 1.55. The van der Waals surface area contributed by atoms with E-state index >= 15 is 0 Å². The van der Waals surface area contributed by atoms with Crippen molar-refractivity contribution in [2.45, 2.75) is 59.8 Å². The van der Waals surface area contributed by atoms with Gasteiger partial charge in [-0.05, 0) is 36.0 Å². The number of fused-ring (bicyclic) bond motifs is 1. The number of hydrogen-bond acceptors (Lipinski definition) is 1. The summed E-state index contributed by atoms with van der Waals surface area (Å²) in [5.41, 5.74) is 0.735. The van der Waals surface area contributed by atoms with Crippen molar-refractivity contribution in [1.82, 2.24) is 0 Å². The Hall–Kier alpha value is -0.330. The summed E-state index contributed by atoms with van der Waals surface area (Å²) in [7, 11) is 0. The van der Waals surface area contributed by atoms with Crippen LogP contribution in [0.4, 0.5) is 0 Å². The van der Waals surface area contributed by atoms with Gasteiger partial charge < -0.3 is 0 Å². The van der Waals surface area contributed by atoms with Crippen molar-refractivity contribution in [3.8, 4) is 0 Å². The van der Waals surface area contributed by atoms with Crippen LogP contribution in [0, 0.1) is 22.7 Å². The van der Waals surface area contributed by atoms with Gasteiger partial charge in [0.1, 0.15) is 5.78 Å². The Morgan fingerprint density at radius 1 is 1.20 bits per heavy atom. The van der Waals surface area contributed by atoms with Gasteiger partial charge in [0.15, 0.2) is 0 Å². The maximum absolute atomic E-state index is 11.9. The summed E-state index contributed by atoms with van der Waals surface area (Å²) in [6, 6.07) is 0. The lowest BCUT2D eigenvalue weighted by atomic mass is 9.48. The predicted molar refractivity (Wildman–Crippen MR) is 62.6 cm³/mol. The summed E-state index contributed by atoms with van der Waals surface area (Å²) in [6.45, 7) is 9.32. The zero-order chi connectivity index (χ0) is 11.3. The van der Waals surface area contributed by atoms with Crippen molar-refractivity contribution in [1.29, 1.82) is 0 Å². The Kier molecular flexibility index (Phi) is 2.48. The third kappa shape index (κ3) is 1.55. The molecule has 0 aromatic carbocycles. The molecule has 3 atom stereocenters. The highest BCUT2D eigenvalue weighted by atomic mass is 16.1. The van der Waals surface area contributed by atoms with Crippen LogP contribution in [-0.4, -0.2) is 5.78 Å². The van der Waals surface area contributed by atoms with E-state index in [4.69, 9.17) is 0 Å². The second-order valence-corrected chi connectivity index (χ2v) is 6.63. The zero-order valence-corrected chi connectivity index (χ0v) is 10.6. The van der Waals surface area contributed by atoms with Crippen molar-refractivity contribution in [3.05, 3.63) is 0 Å². The van der Waals surface area contributed by atoms with Crippen LogP contribution in [0.5, 0.6) is 0 Å². The van der Waals surface area contributed by atoms with E-state index in [1.165, 1.54) is 19.3 Å². The first kappa shape index (κ1) is 11.2. The van der Waals surface area contributed by atoms with E-state index in [0.29, 0.717) is 11.2 Å². The maximum atomic E-state index is 11.9. The normalized spacial score (nSPS) is 44.9. The fourth-order valence-electron chi connectivity index (χ4n) is 4.28. The van der Waals surface area contributed by atoms with Crippen LogP contribution in [-0.2, 0) is 4.79 Å². The minimum absolute atomic E-state index is 0.288. The lowest BCUT2D eigenvalue weighted by Crippen LogP contribution is -2.50. The molecule has 0 N–H and O–H groups in total. The van der Waals surface area contributed by atoms with Gasteiger partial charge in [-0.3, -0.25) is 4.79 Å². The Labute approximate surface area is 93.6 Å². The molecule has 0 aliphatic heterocycles. The molecule has 0 spiro atoms. The Morgan fingerprint density at radius 2 is 1.87 bits per heavy atom. The van der Waals surface area contributed by atoms with Crippen molar-refractivity contribution in [3.63, 3.8) is 0 Å². The second-order valence-electron chi connectivity index (χ2n) is 6.63. The molecule has 0 aromatic heterocycles. The molecular weight excluding hydrogens is 184 g/mol. The first-order valence-corrected chi connectivity index (χ1v) is 6.41. The van der Waals surface area contributed by atoms with E-state index in [-0.39, 0.29) is 11.3 Å². The number of carbonyl (C=O) groups is 1. The molecule has 0 saturated heterocycles. The van der Waals surface area contributed by atoms with E-state index in [2.05, 4.69) is 27.7 Å². The van der Waals surface area contributed by atoms with Gasteiger partial charge in [0.2, 0.25) is 0 Å². The third-order valence-electron chi connectivity index (χ3n) is 5.43. The largest absolute Gasteiger partial charge is 0.299 e. The van der Waals surface area contributed by atoms with E-state index in [0.717, 1.165) is 18.8 Å². The highest BCUT2D eigenvalue weighted by Gasteiger charge is 2.52. The summed E-state index contributed by atoms with van der Waals surface area (Å²) in [6.07, 6.45) is 5.86. The third-order valence-corrected chi connectivity index (χ3v) is 5.43. The summed E-state index contributed by atoms with van der Waals surface area (Å²) in [4.78, 5) is 11.9. The van der Waals surface area contributed by atoms with E-state index in [1.54, 1.807) is 0 Å². The first-order chi connectivity index (χ1) is 6.88. The number of Topliss-reactive ketones (excluding diaryl/α,β-unsaturated/α-hetero) is 1. The van der Waals surface area contributed by atoms with Crippen LogP contribution in [0.3, 0.4) is 0 Å². The zero-order valence-electron chi connectivity index (χ0n) is 10.6. The van der Waals surface area contributed by atoms with E-state index in [9.17, 15) is 4.79 Å². The number of carbonyl (C=O) groups excluding carboxylic acids is 1. The minimum atomic E-state index is 0.288. The highest BCUT2D eigenvalue weighted by Crippen LogP contribution is 2.58. The molecule has 0 heterocycles. The highest BCUT2D eigenvalue weighted by molar-refractivity contribution is 5.82. The maximum Gasteiger partial charge on any atom is 0.136 e. The van der Waals surface area contributed by atoms with E-state index in [1.807, 2.05) is 0 Å². The van der Waals surface area contributed by atoms with Gasteiger partial charge in [-0.1, -0.05) is 34.1 Å². The Balaban J connectivity index is 2.33. The molecule has 2 rings (SSSR count). The van der Waals surface area contributed by atoms with Crippen molar-refractivity contribution in [2.24, 2.45) is 22.7 Å². The smallest absolute Gasteiger partial charge is 0.136 e. The summed E-state index contributed by atoms with van der Waals surface area (Å²) < 4.78 is 0. The molecule has 15 heavy (non-hydrogen) atoms. The Bertz CT molecular complexity index is 279. The van der Waals surface area contributed by atoms with Crippen LogP contribution >= 0.6 is 0 Å². The van der Waals surface area contributed by atoms with Crippen LogP contribution < -0.4 is 0 Å². The molecule has 0 aromatic rings. The average Bonchev–Trinajstić information content (AvgIpc) is 2.12. The molecule has 2 saturated carbocycles. The van der Waals surface area contributed by atoms with Gasteiger partial charge >= 0.3 is 0 Å². The lowest BCUT2D eigenvalue weighted by Gasteiger charge is -2.56. The predicted octanol–water partition coefficient (Wildman–Crippen LogP) is 3.82. The number of ketones is 1. The summed E-state index contributed by atoms with van der Waals surface area (Å²) in [5, 5.41) is 0. The molecule has 1 nitrogen and oxygen atoms in total. The van der Waals surface area contributed by atoms with Gasteiger partial charge in [0, 0.05) is 12.3 Å². The molecular formula is C14H24O. The second kappa shape index (κ2) is 3.33. The van der Waals surface area contributed by atoms with Crippen LogP contribution in [0.1, 0.15) is 59.8 Å². The SMILES string of the molecule is CC1C(=O)CC[C@H]2C(C)(C)CCC[C@]12C. The van der Waals surface area contributed by atoms with Gasteiger partial charge in [-0.15, -0.1) is 0 Å². The van der Waals surface area contributed by atoms with Gasteiger partial charge in [-0.2, -0.15) is 0 Å². The average molecular weight is 208 g/mol. The topological polar surface area (TPSA) is 17.1 Å².